The number of rotatable bonds is 7. The molecule has 0 aliphatic heterocycles. The summed E-state index contributed by atoms with van der Waals surface area (Å²) in [7, 11) is 1.77. The van der Waals surface area contributed by atoms with Crippen LogP contribution in [0.2, 0.25) is 0 Å². The SMILES string of the molecule is CCc1cccc(CC)c1NC(=O)CSc1nnc(-c2ccccc2F)n1C. The van der Waals surface area contributed by atoms with Crippen molar-refractivity contribution in [1.29, 1.82) is 0 Å². The molecule has 1 amide bonds. The zero-order chi connectivity index (χ0) is 20.1. The predicted molar refractivity (Wildman–Crippen MR) is 111 cm³/mol. The van der Waals surface area contributed by atoms with Crippen molar-refractivity contribution in [2.24, 2.45) is 7.05 Å². The van der Waals surface area contributed by atoms with Crippen molar-refractivity contribution in [3.05, 3.63) is 59.4 Å². The molecule has 0 saturated carbocycles. The van der Waals surface area contributed by atoms with E-state index in [1.165, 1.54) is 17.8 Å². The van der Waals surface area contributed by atoms with Gasteiger partial charge in [0.25, 0.3) is 0 Å². The molecule has 28 heavy (non-hydrogen) atoms. The highest BCUT2D eigenvalue weighted by atomic mass is 32.2. The first-order chi connectivity index (χ1) is 13.5. The Hall–Kier alpha value is -2.67. The Labute approximate surface area is 168 Å². The van der Waals surface area contributed by atoms with Crippen molar-refractivity contribution < 1.29 is 9.18 Å². The molecule has 146 valence electrons. The van der Waals surface area contributed by atoms with E-state index in [0.29, 0.717) is 16.5 Å². The van der Waals surface area contributed by atoms with Crippen LogP contribution in [0.25, 0.3) is 11.4 Å². The number of halogens is 1. The number of amides is 1. The summed E-state index contributed by atoms with van der Waals surface area (Å²) in [6.45, 7) is 4.14. The number of para-hydroxylation sites is 1. The average molecular weight is 399 g/mol. The maximum absolute atomic E-state index is 14.0. The molecule has 1 aromatic heterocycles. The monoisotopic (exact) mass is 398 g/mol. The smallest absolute Gasteiger partial charge is 0.234 e. The maximum Gasteiger partial charge on any atom is 0.234 e. The quantitative estimate of drug-likeness (QED) is 0.596. The minimum absolute atomic E-state index is 0.101. The van der Waals surface area contributed by atoms with Gasteiger partial charge in [-0.3, -0.25) is 4.79 Å². The first kappa shape index (κ1) is 20.1. The largest absolute Gasteiger partial charge is 0.325 e. The Morgan fingerprint density at radius 2 is 1.75 bits per heavy atom. The molecule has 2 aromatic carbocycles. The third kappa shape index (κ3) is 4.25. The van der Waals surface area contributed by atoms with Gasteiger partial charge in [0.1, 0.15) is 5.82 Å². The number of aromatic nitrogens is 3. The number of anilines is 1. The van der Waals surface area contributed by atoms with E-state index in [1.54, 1.807) is 29.8 Å². The highest BCUT2D eigenvalue weighted by molar-refractivity contribution is 7.99. The summed E-state index contributed by atoms with van der Waals surface area (Å²) in [5.41, 5.74) is 3.54. The van der Waals surface area contributed by atoms with Gasteiger partial charge in [0.15, 0.2) is 11.0 Å². The van der Waals surface area contributed by atoms with E-state index in [4.69, 9.17) is 0 Å². The number of hydrogen-bond donors (Lipinski definition) is 1. The van der Waals surface area contributed by atoms with Crippen LogP contribution in [0.3, 0.4) is 0 Å². The first-order valence-electron chi connectivity index (χ1n) is 9.22. The minimum atomic E-state index is -0.351. The molecule has 1 heterocycles. The van der Waals surface area contributed by atoms with Crippen molar-refractivity contribution in [2.75, 3.05) is 11.1 Å². The van der Waals surface area contributed by atoms with Gasteiger partial charge in [0.05, 0.1) is 11.3 Å². The van der Waals surface area contributed by atoms with E-state index < -0.39 is 0 Å². The average Bonchev–Trinajstić information content (AvgIpc) is 3.07. The second-order valence-corrected chi connectivity index (χ2v) is 7.28. The van der Waals surface area contributed by atoms with Crippen LogP contribution in [-0.2, 0) is 24.7 Å². The van der Waals surface area contributed by atoms with Crippen LogP contribution in [0, 0.1) is 5.82 Å². The summed E-state index contributed by atoms with van der Waals surface area (Å²) in [6.07, 6.45) is 1.71. The number of nitrogens with zero attached hydrogens (tertiary/aromatic N) is 3. The molecule has 0 saturated heterocycles. The Morgan fingerprint density at radius 3 is 2.39 bits per heavy atom. The molecule has 0 aliphatic carbocycles. The zero-order valence-electron chi connectivity index (χ0n) is 16.2. The van der Waals surface area contributed by atoms with Crippen LogP contribution >= 0.6 is 11.8 Å². The van der Waals surface area contributed by atoms with Crippen molar-refractivity contribution in [2.45, 2.75) is 31.8 Å². The number of aryl methyl sites for hydroxylation is 2. The summed E-state index contributed by atoms with van der Waals surface area (Å²) in [5.74, 6) is 0.182. The van der Waals surface area contributed by atoms with Gasteiger partial charge >= 0.3 is 0 Å². The van der Waals surface area contributed by atoms with E-state index in [9.17, 15) is 9.18 Å². The fourth-order valence-electron chi connectivity index (χ4n) is 3.03. The lowest BCUT2D eigenvalue weighted by Gasteiger charge is -2.14. The van der Waals surface area contributed by atoms with Crippen LogP contribution in [0.5, 0.6) is 0 Å². The predicted octanol–water partition coefficient (Wildman–Crippen LogP) is 4.48. The van der Waals surface area contributed by atoms with E-state index in [1.807, 2.05) is 18.2 Å². The van der Waals surface area contributed by atoms with Gasteiger partial charge in [-0.05, 0) is 36.1 Å². The molecule has 3 rings (SSSR count). The second kappa shape index (κ2) is 9.01. The lowest BCUT2D eigenvalue weighted by atomic mass is 10.0. The summed E-state index contributed by atoms with van der Waals surface area (Å²) in [6, 6.07) is 12.5. The molecule has 0 spiro atoms. The zero-order valence-corrected chi connectivity index (χ0v) is 17.0. The minimum Gasteiger partial charge on any atom is -0.325 e. The Morgan fingerprint density at radius 1 is 1.07 bits per heavy atom. The number of benzene rings is 2. The number of nitrogens with one attached hydrogen (secondary N) is 1. The molecule has 0 aliphatic rings. The van der Waals surface area contributed by atoms with E-state index in [0.717, 1.165) is 29.7 Å². The fraction of sp³-hybridized carbons (Fsp3) is 0.286. The highest BCUT2D eigenvalue weighted by Crippen LogP contribution is 2.26. The second-order valence-electron chi connectivity index (χ2n) is 6.34. The summed E-state index contributed by atoms with van der Waals surface area (Å²) in [5, 5.41) is 11.8. The normalized spacial score (nSPS) is 10.9. The lowest BCUT2D eigenvalue weighted by molar-refractivity contribution is -0.113. The van der Waals surface area contributed by atoms with Gasteiger partial charge in [0, 0.05) is 12.7 Å². The standard InChI is InChI=1S/C21H23FN4OS/c1-4-14-9-8-10-15(5-2)19(14)23-18(27)13-28-21-25-24-20(26(21)3)16-11-6-7-12-17(16)22/h6-12H,4-5,13H2,1-3H3,(H,23,27). The summed E-state index contributed by atoms with van der Waals surface area (Å²) >= 11 is 1.28. The molecular formula is C21H23FN4OS. The molecule has 0 unspecified atom stereocenters. The molecule has 0 radical (unpaired) electrons. The Bertz CT molecular complexity index is 964. The van der Waals surface area contributed by atoms with Gasteiger partial charge in [-0.2, -0.15) is 0 Å². The van der Waals surface area contributed by atoms with Gasteiger partial charge in [-0.15, -0.1) is 10.2 Å². The number of carbonyl (C=O) groups is 1. The lowest BCUT2D eigenvalue weighted by Crippen LogP contribution is -2.17. The Balaban J connectivity index is 1.71. The summed E-state index contributed by atoms with van der Waals surface area (Å²) < 4.78 is 15.7. The third-order valence-corrected chi connectivity index (χ3v) is 5.57. The molecular weight excluding hydrogens is 375 g/mol. The molecule has 3 aromatic rings. The number of thioether (sulfide) groups is 1. The highest BCUT2D eigenvalue weighted by Gasteiger charge is 2.16. The van der Waals surface area contributed by atoms with Crippen molar-refractivity contribution in [1.82, 2.24) is 14.8 Å². The fourth-order valence-corrected chi connectivity index (χ4v) is 3.74. The van der Waals surface area contributed by atoms with E-state index >= 15 is 0 Å². The van der Waals surface area contributed by atoms with Crippen molar-refractivity contribution >= 4 is 23.4 Å². The maximum atomic E-state index is 14.0. The van der Waals surface area contributed by atoms with Crippen molar-refractivity contribution in [3.8, 4) is 11.4 Å². The van der Waals surface area contributed by atoms with Gasteiger partial charge in [0.2, 0.25) is 5.91 Å². The van der Waals surface area contributed by atoms with Crippen molar-refractivity contribution in [3.63, 3.8) is 0 Å². The molecule has 1 N–H and O–H groups in total. The van der Waals surface area contributed by atoms with Crippen LogP contribution in [0.15, 0.2) is 47.6 Å². The number of hydrogen-bond acceptors (Lipinski definition) is 4. The van der Waals surface area contributed by atoms with E-state index in [2.05, 4.69) is 29.4 Å². The van der Waals surface area contributed by atoms with Crippen LogP contribution in [-0.4, -0.2) is 26.4 Å². The van der Waals surface area contributed by atoms with Gasteiger partial charge < -0.3 is 9.88 Å². The van der Waals surface area contributed by atoms with E-state index in [-0.39, 0.29) is 17.5 Å². The molecule has 0 fully saturated rings. The number of carbonyl (C=O) groups excluding carboxylic acids is 1. The third-order valence-electron chi connectivity index (χ3n) is 4.55. The van der Waals surface area contributed by atoms with Crippen LogP contribution < -0.4 is 5.32 Å². The van der Waals surface area contributed by atoms with Gasteiger partial charge in [-0.25, -0.2) is 4.39 Å². The molecule has 7 heteroatoms. The summed E-state index contributed by atoms with van der Waals surface area (Å²) in [4.78, 5) is 12.5. The molecule has 0 atom stereocenters. The van der Waals surface area contributed by atoms with Gasteiger partial charge in [-0.1, -0.05) is 55.9 Å². The topological polar surface area (TPSA) is 59.8 Å². The van der Waals surface area contributed by atoms with Crippen LogP contribution in [0.4, 0.5) is 10.1 Å². The first-order valence-corrected chi connectivity index (χ1v) is 10.2. The molecule has 0 bridgehead atoms. The molecule has 5 nitrogen and oxygen atoms in total. The Kier molecular flexibility index (Phi) is 6.46. The van der Waals surface area contributed by atoms with Crippen LogP contribution in [0.1, 0.15) is 25.0 Å².